The molecule has 144 valence electrons. The van der Waals surface area contributed by atoms with Crippen molar-refractivity contribution >= 4 is 17.4 Å². The molecule has 0 atom stereocenters. The number of benzene rings is 2. The van der Waals surface area contributed by atoms with Crippen LogP contribution in [0.1, 0.15) is 5.56 Å². The van der Waals surface area contributed by atoms with Crippen LogP contribution in [0.3, 0.4) is 0 Å². The molecular weight excluding hydrogens is 363 g/mol. The second-order valence-corrected chi connectivity index (χ2v) is 6.28. The second-order valence-electron chi connectivity index (χ2n) is 6.28. The van der Waals surface area contributed by atoms with Crippen molar-refractivity contribution in [2.75, 3.05) is 23.9 Å². The zero-order chi connectivity index (χ0) is 20.3. The molecule has 1 heterocycles. The van der Waals surface area contributed by atoms with Crippen LogP contribution in [0.5, 0.6) is 0 Å². The fraction of sp³-hybridized carbons (Fsp3) is 0.150. The van der Waals surface area contributed by atoms with E-state index in [1.165, 1.54) is 50.9 Å². The summed E-state index contributed by atoms with van der Waals surface area (Å²) in [5, 5.41) is 0. The third-order valence-electron chi connectivity index (χ3n) is 4.36. The van der Waals surface area contributed by atoms with Crippen molar-refractivity contribution < 1.29 is 9.18 Å². The van der Waals surface area contributed by atoms with Crippen LogP contribution >= 0.6 is 0 Å². The highest BCUT2D eigenvalue weighted by Crippen LogP contribution is 2.19. The zero-order valence-corrected chi connectivity index (χ0v) is 15.4. The summed E-state index contributed by atoms with van der Waals surface area (Å²) in [6.07, 6.45) is 1.43. The second kappa shape index (κ2) is 7.91. The molecule has 0 aliphatic carbocycles. The standard InChI is InChI=1S/C20H19FN4O3/c1-23(20(28)24(2)17-9-5-15(21)6-10-17)16-7-3-14(4-8-16)13-25-12-11-18(26)22-19(25)27/h3-12H,13H2,1-2H3,(H,22,26,27). The first-order valence-corrected chi connectivity index (χ1v) is 8.51. The highest BCUT2D eigenvalue weighted by atomic mass is 19.1. The Bertz CT molecular complexity index is 1090. The number of carbonyl (C=O) groups is 1. The number of halogens is 1. The number of anilines is 2. The molecule has 0 bridgehead atoms. The first-order chi connectivity index (χ1) is 13.3. The van der Waals surface area contributed by atoms with E-state index in [-0.39, 0.29) is 11.8 Å². The minimum absolute atomic E-state index is 0.281. The maximum absolute atomic E-state index is 13.1. The Morgan fingerprint density at radius 3 is 2.00 bits per heavy atom. The lowest BCUT2D eigenvalue weighted by Gasteiger charge is -2.25. The molecule has 0 aliphatic rings. The van der Waals surface area contributed by atoms with E-state index in [1.807, 2.05) is 0 Å². The Balaban J connectivity index is 1.73. The molecule has 0 spiro atoms. The molecule has 3 aromatic rings. The molecule has 1 N–H and O–H groups in total. The molecule has 0 fully saturated rings. The fourth-order valence-electron chi connectivity index (χ4n) is 2.70. The number of nitrogens with one attached hydrogen (secondary N) is 1. The maximum atomic E-state index is 13.1. The summed E-state index contributed by atoms with van der Waals surface area (Å²) in [5.41, 5.74) is 1.15. The fourth-order valence-corrected chi connectivity index (χ4v) is 2.70. The van der Waals surface area contributed by atoms with E-state index >= 15 is 0 Å². The zero-order valence-electron chi connectivity index (χ0n) is 15.4. The lowest BCUT2D eigenvalue weighted by atomic mass is 10.2. The van der Waals surface area contributed by atoms with Gasteiger partial charge in [0.15, 0.2) is 0 Å². The van der Waals surface area contributed by atoms with Crippen LogP contribution in [0.25, 0.3) is 0 Å². The van der Waals surface area contributed by atoms with Gasteiger partial charge in [-0.15, -0.1) is 0 Å². The van der Waals surface area contributed by atoms with Crippen LogP contribution in [-0.2, 0) is 6.54 Å². The number of hydrogen-bond acceptors (Lipinski definition) is 3. The van der Waals surface area contributed by atoms with Gasteiger partial charge in [0.1, 0.15) is 5.82 Å². The number of rotatable bonds is 4. The molecule has 1 aromatic heterocycles. The van der Waals surface area contributed by atoms with E-state index < -0.39 is 11.2 Å². The highest BCUT2D eigenvalue weighted by Gasteiger charge is 2.17. The summed E-state index contributed by atoms with van der Waals surface area (Å²) < 4.78 is 14.4. The van der Waals surface area contributed by atoms with Crippen LogP contribution in [0, 0.1) is 5.82 Å². The van der Waals surface area contributed by atoms with Gasteiger partial charge in [-0.3, -0.25) is 24.1 Å². The van der Waals surface area contributed by atoms with Crippen molar-refractivity contribution in [1.82, 2.24) is 9.55 Å². The van der Waals surface area contributed by atoms with E-state index in [0.717, 1.165) is 5.56 Å². The molecule has 2 amide bonds. The van der Waals surface area contributed by atoms with Gasteiger partial charge in [0.05, 0.1) is 6.54 Å². The Labute approximate surface area is 160 Å². The number of urea groups is 1. The molecule has 2 aromatic carbocycles. The number of carbonyl (C=O) groups excluding carboxylic acids is 1. The Morgan fingerprint density at radius 1 is 0.929 bits per heavy atom. The van der Waals surface area contributed by atoms with Gasteiger partial charge in [0.2, 0.25) is 0 Å². The topological polar surface area (TPSA) is 78.4 Å². The van der Waals surface area contributed by atoms with Crippen molar-refractivity contribution in [3.63, 3.8) is 0 Å². The predicted molar refractivity (Wildman–Crippen MR) is 105 cm³/mol. The number of aromatic nitrogens is 2. The summed E-state index contributed by atoms with van der Waals surface area (Å²) in [5.74, 6) is -0.366. The summed E-state index contributed by atoms with van der Waals surface area (Å²) >= 11 is 0. The average molecular weight is 382 g/mol. The number of H-pyrrole nitrogens is 1. The van der Waals surface area contributed by atoms with Gasteiger partial charge >= 0.3 is 11.7 Å². The Morgan fingerprint density at radius 2 is 1.46 bits per heavy atom. The van der Waals surface area contributed by atoms with Crippen LogP contribution in [0.15, 0.2) is 70.4 Å². The van der Waals surface area contributed by atoms with Crippen molar-refractivity contribution in [1.29, 1.82) is 0 Å². The third kappa shape index (κ3) is 4.17. The monoisotopic (exact) mass is 382 g/mol. The average Bonchev–Trinajstić information content (AvgIpc) is 2.69. The van der Waals surface area contributed by atoms with Crippen LogP contribution in [0.2, 0.25) is 0 Å². The normalized spacial score (nSPS) is 10.5. The molecule has 7 nitrogen and oxygen atoms in total. The van der Waals surface area contributed by atoms with Crippen molar-refractivity contribution in [2.45, 2.75) is 6.54 Å². The van der Waals surface area contributed by atoms with E-state index in [4.69, 9.17) is 0 Å². The highest BCUT2D eigenvalue weighted by molar-refractivity contribution is 6.02. The van der Waals surface area contributed by atoms with E-state index in [0.29, 0.717) is 17.9 Å². The van der Waals surface area contributed by atoms with E-state index in [9.17, 15) is 18.8 Å². The van der Waals surface area contributed by atoms with Gasteiger partial charge in [0.25, 0.3) is 5.56 Å². The number of nitrogens with zero attached hydrogens (tertiary/aromatic N) is 3. The van der Waals surface area contributed by atoms with Crippen LogP contribution in [-0.4, -0.2) is 29.7 Å². The van der Waals surface area contributed by atoms with Gasteiger partial charge in [0, 0.05) is 37.7 Å². The lowest BCUT2D eigenvalue weighted by Crippen LogP contribution is -2.38. The molecule has 28 heavy (non-hydrogen) atoms. The summed E-state index contributed by atoms with van der Waals surface area (Å²) in [4.78, 5) is 40.6. The number of aromatic amines is 1. The van der Waals surface area contributed by atoms with Crippen LogP contribution < -0.4 is 21.0 Å². The lowest BCUT2D eigenvalue weighted by molar-refractivity contribution is 0.253. The largest absolute Gasteiger partial charge is 0.328 e. The number of hydrogen-bond donors (Lipinski definition) is 1. The predicted octanol–water partition coefficient (Wildman–Crippen LogP) is 2.42. The Hall–Kier alpha value is -3.68. The SMILES string of the molecule is CN(C(=O)N(C)c1ccc(Cn2ccc(=O)[nH]c2=O)cc1)c1ccc(F)cc1. The molecule has 8 heteroatoms. The minimum Gasteiger partial charge on any atom is -0.297 e. The molecule has 0 aliphatic heterocycles. The van der Waals surface area contributed by atoms with Crippen molar-refractivity contribution in [2.24, 2.45) is 0 Å². The van der Waals surface area contributed by atoms with Gasteiger partial charge in [-0.25, -0.2) is 14.0 Å². The van der Waals surface area contributed by atoms with Gasteiger partial charge in [-0.05, 0) is 42.0 Å². The first kappa shape index (κ1) is 19.1. The first-order valence-electron chi connectivity index (χ1n) is 8.51. The Kier molecular flexibility index (Phi) is 5.39. The van der Waals surface area contributed by atoms with E-state index in [1.54, 1.807) is 38.4 Å². The van der Waals surface area contributed by atoms with Gasteiger partial charge in [-0.2, -0.15) is 0 Å². The van der Waals surface area contributed by atoms with Gasteiger partial charge < -0.3 is 0 Å². The number of amides is 2. The molecule has 0 saturated heterocycles. The molecular formula is C20H19FN4O3. The minimum atomic E-state index is -0.482. The molecule has 3 rings (SSSR count). The molecule has 0 saturated carbocycles. The van der Waals surface area contributed by atoms with Crippen LogP contribution in [0.4, 0.5) is 20.6 Å². The molecule has 0 unspecified atom stereocenters. The summed E-state index contributed by atoms with van der Waals surface area (Å²) in [6.45, 7) is 0.295. The van der Waals surface area contributed by atoms with Crippen molar-refractivity contribution in [3.05, 3.63) is 93.0 Å². The quantitative estimate of drug-likeness (QED) is 0.753. The maximum Gasteiger partial charge on any atom is 0.328 e. The van der Waals surface area contributed by atoms with E-state index in [2.05, 4.69) is 4.98 Å². The summed E-state index contributed by atoms with van der Waals surface area (Å²) in [7, 11) is 3.26. The third-order valence-corrected chi connectivity index (χ3v) is 4.36. The smallest absolute Gasteiger partial charge is 0.297 e. The summed E-state index contributed by atoms with van der Waals surface area (Å²) in [6, 6.07) is 13.8. The van der Waals surface area contributed by atoms with Crippen molar-refractivity contribution in [3.8, 4) is 0 Å². The molecule has 0 radical (unpaired) electrons. The van der Waals surface area contributed by atoms with Gasteiger partial charge in [-0.1, -0.05) is 12.1 Å².